The molecule has 3 aromatic carbocycles. The molecule has 1 aliphatic rings. The van der Waals surface area contributed by atoms with Gasteiger partial charge in [0.15, 0.2) is 24.1 Å². The Morgan fingerprint density at radius 1 is 0.719 bits per heavy atom. The molecule has 1 saturated heterocycles. The molecule has 0 N–H and O–H groups in total. The Balaban J connectivity index is 1.34. The van der Waals surface area contributed by atoms with Crippen molar-refractivity contribution in [1.29, 1.82) is 0 Å². The van der Waals surface area contributed by atoms with E-state index in [-0.39, 0.29) is 44.5 Å². The molecule has 16 heteroatoms. The molecule has 57 heavy (non-hydrogen) atoms. The highest BCUT2D eigenvalue weighted by Crippen LogP contribution is 2.37. The van der Waals surface area contributed by atoms with Crippen LogP contribution >= 0.6 is 0 Å². The van der Waals surface area contributed by atoms with Crippen LogP contribution in [0.2, 0.25) is 0 Å². The number of hydrogen-bond donors (Lipinski definition) is 0. The minimum absolute atomic E-state index is 0.00189. The fourth-order valence-electron chi connectivity index (χ4n) is 6.25. The maximum Gasteiger partial charge on any atom is 0.340 e. The Kier molecular flexibility index (Phi) is 11.0. The average molecular weight is 773 g/mol. The van der Waals surface area contributed by atoms with Crippen LogP contribution in [0.15, 0.2) is 121 Å². The summed E-state index contributed by atoms with van der Waals surface area (Å²) in [6.45, 7) is -0.441. The Labute approximate surface area is 322 Å². The molecule has 0 unspecified atom stereocenters. The predicted octanol–water partition coefficient (Wildman–Crippen LogP) is 4.22. The summed E-state index contributed by atoms with van der Waals surface area (Å²) in [6.07, 6.45) is -0.670. The molecule has 0 spiro atoms. The van der Waals surface area contributed by atoms with E-state index in [1.807, 2.05) is 0 Å². The van der Waals surface area contributed by atoms with Crippen molar-refractivity contribution in [1.82, 2.24) is 18.9 Å². The van der Waals surface area contributed by atoms with Crippen molar-refractivity contribution in [2.24, 2.45) is 0 Å². The van der Waals surface area contributed by atoms with Gasteiger partial charge in [0.1, 0.15) is 24.6 Å². The molecule has 288 valence electrons. The van der Waals surface area contributed by atoms with Crippen LogP contribution in [-0.4, -0.2) is 87.9 Å². The smallest absolute Gasteiger partial charge is 0.340 e. The first-order valence-corrected chi connectivity index (χ1v) is 17.3. The number of methoxy groups -OCH3 is 2. The van der Waals surface area contributed by atoms with Crippen LogP contribution in [0.3, 0.4) is 0 Å². The Bertz CT molecular complexity index is 2570. The molecule has 3 aromatic heterocycles. The molecule has 16 nitrogen and oxygen atoms in total. The maximum absolute atomic E-state index is 13.7. The predicted molar refractivity (Wildman–Crippen MR) is 199 cm³/mol. The quantitative estimate of drug-likeness (QED) is 0.103. The fourth-order valence-corrected chi connectivity index (χ4v) is 6.25. The molecule has 6 aromatic rings. The first-order valence-electron chi connectivity index (χ1n) is 17.3. The van der Waals surface area contributed by atoms with Gasteiger partial charge in [-0.2, -0.15) is 0 Å². The van der Waals surface area contributed by atoms with E-state index in [9.17, 15) is 28.8 Å². The lowest BCUT2D eigenvalue weighted by Crippen LogP contribution is -2.41. The number of ether oxygens (including phenoxy) is 6. The van der Waals surface area contributed by atoms with Gasteiger partial charge < -0.3 is 28.4 Å². The number of carbonyl (C=O) groups is 5. The molecular formula is C41H32N4O12. The van der Waals surface area contributed by atoms with Crippen molar-refractivity contribution in [3.63, 3.8) is 0 Å². The van der Waals surface area contributed by atoms with Gasteiger partial charge in [-0.25, -0.2) is 33.9 Å². The van der Waals surface area contributed by atoms with Crippen LogP contribution in [0.1, 0.15) is 53.2 Å². The third-order valence-electron chi connectivity index (χ3n) is 9.01. The van der Waals surface area contributed by atoms with E-state index in [0.29, 0.717) is 0 Å². The standard InChI is InChI=1S/C41H32N4O12/c1-52-30(46)19-18-27-20-28(41(51)53-2)32-31-35(43-23-44(32)36(27)47)45(22-42-31)37-34(57-40(50)26-16-10-5-11-17-26)33(56-39(49)25-14-8-4-9-15-25)29(55-37)21-54-38(48)24-12-6-3-7-13-24/h3-20,22-23,29,33-34,37H,21H2,1-2H3/b19-18+/t29-,33-,34-,37-/m1/s1. The molecule has 1 aliphatic heterocycles. The molecule has 1 fully saturated rings. The van der Waals surface area contributed by atoms with E-state index < -0.39 is 66.6 Å². The van der Waals surface area contributed by atoms with Crippen molar-refractivity contribution in [3.8, 4) is 0 Å². The summed E-state index contributed by atoms with van der Waals surface area (Å²) in [4.78, 5) is 87.9. The number of hydrogen-bond acceptors (Lipinski definition) is 14. The number of benzene rings is 3. The van der Waals surface area contributed by atoms with Crippen LogP contribution in [-0.2, 0) is 33.2 Å². The van der Waals surface area contributed by atoms with E-state index in [1.165, 1.54) is 42.3 Å². The zero-order valence-corrected chi connectivity index (χ0v) is 30.3. The maximum atomic E-state index is 13.7. The van der Waals surface area contributed by atoms with Crippen molar-refractivity contribution >= 4 is 52.6 Å². The van der Waals surface area contributed by atoms with E-state index in [4.69, 9.17) is 23.7 Å². The largest absolute Gasteiger partial charge is 0.466 e. The van der Waals surface area contributed by atoms with Crippen LogP contribution in [0.4, 0.5) is 0 Å². The van der Waals surface area contributed by atoms with Crippen molar-refractivity contribution in [2.75, 3.05) is 20.8 Å². The zero-order chi connectivity index (χ0) is 40.1. The molecular weight excluding hydrogens is 740 g/mol. The SMILES string of the molecule is COC(=O)/C=C/c1cc(C(=O)OC)c2c3ncn([C@@H]4O[C@H](COC(=O)c5ccccc5)[C@@H](OC(=O)c5ccccc5)[C@H]4OC(=O)c4ccccc4)c3ncn2c1=O. The first kappa shape index (κ1) is 37.8. The lowest BCUT2D eigenvalue weighted by Gasteiger charge is -2.25. The number of imidazole rings is 1. The van der Waals surface area contributed by atoms with Crippen molar-refractivity contribution < 1.29 is 52.4 Å². The molecule has 0 saturated carbocycles. The summed E-state index contributed by atoms with van der Waals surface area (Å²) in [5.74, 6) is -3.81. The number of fused-ring (bicyclic) bond motifs is 3. The van der Waals surface area contributed by atoms with Crippen LogP contribution in [0.5, 0.6) is 0 Å². The Morgan fingerprint density at radius 2 is 1.30 bits per heavy atom. The van der Waals surface area contributed by atoms with Gasteiger partial charge in [0.05, 0.1) is 48.3 Å². The third-order valence-corrected chi connectivity index (χ3v) is 9.01. The molecule has 0 bridgehead atoms. The normalized spacial score (nSPS) is 17.6. The molecule has 0 amide bonds. The summed E-state index contributed by atoms with van der Waals surface area (Å²) in [6, 6.07) is 25.7. The molecule has 4 atom stereocenters. The summed E-state index contributed by atoms with van der Waals surface area (Å²) in [7, 11) is 2.33. The van der Waals surface area contributed by atoms with Gasteiger partial charge in [0, 0.05) is 11.6 Å². The lowest BCUT2D eigenvalue weighted by molar-refractivity contribution is -0.134. The van der Waals surface area contributed by atoms with Gasteiger partial charge in [0.2, 0.25) is 0 Å². The monoisotopic (exact) mass is 772 g/mol. The Hall–Kier alpha value is -7.46. The number of nitrogens with zero attached hydrogens (tertiary/aromatic N) is 4. The fraction of sp³-hybridized carbons (Fsp3) is 0.171. The Morgan fingerprint density at radius 3 is 1.88 bits per heavy atom. The number of aromatic nitrogens is 4. The first-order chi connectivity index (χ1) is 27.7. The summed E-state index contributed by atoms with van der Waals surface area (Å²) in [5.41, 5.74) is -0.0804. The molecule has 4 heterocycles. The van der Waals surface area contributed by atoms with Crippen molar-refractivity contribution in [2.45, 2.75) is 24.5 Å². The van der Waals surface area contributed by atoms with E-state index in [2.05, 4.69) is 14.7 Å². The zero-order valence-electron chi connectivity index (χ0n) is 30.3. The van der Waals surface area contributed by atoms with Crippen LogP contribution in [0, 0.1) is 0 Å². The van der Waals surface area contributed by atoms with Gasteiger partial charge in [-0.3, -0.25) is 13.8 Å². The third kappa shape index (κ3) is 7.74. The second-order valence-electron chi connectivity index (χ2n) is 12.5. The summed E-state index contributed by atoms with van der Waals surface area (Å²) < 4.78 is 36.3. The number of rotatable bonds is 11. The minimum Gasteiger partial charge on any atom is -0.466 e. The minimum atomic E-state index is -1.41. The van der Waals surface area contributed by atoms with E-state index in [1.54, 1.807) is 78.9 Å². The molecule has 0 radical (unpaired) electrons. The van der Waals surface area contributed by atoms with Gasteiger partial charge in [0.25, 0.3) is 5.56 Å². The van der Waals surface area contributed by atoms with Crippen LogP contribution in [0.25, 0.3) is 22.8 Å². The topological polar surface area (TPSA) is 193 Å². The number of esters is 5. The number of pyridine rings is 1. The lowest BCUT2D eigenvalue weighted by atomic mass is 10.1. The van der Waals surface area contributed by atoms with Gasteiger partial charge in [-0.15, -0.1) is 0 Å². The van der Waals surface area contributed by atoms with Crippen molar-refractivity contribution in [3.05, 3.63) is 154 Å². The average Bonchev–Trinajstić information content (AvgIpc) is 3.83. The van der Waals surface area contributed by atoms with Gasteiger partial charge >= 0.3 is 29.8 Å². The summed E-state index contributed by atoms with van der Waals surface area (Å²) in [5, 5.41) is 0. The summed E-state index contributed by atoms with van der Waals surface area (Å²) >= 11 is 0. The molecule has 0 aliphatic carbocycles. The van der Waals surface area contributed by atoms with E-state index in [0.717, 1.165) is 23.9 Å². The second kappa shape index (κ2) is 16.5. The van der Waals surface area contributed by atoms with Crippen LogP contribution < -0.4 is 5.56 Å². The second-order valence-corrected chi connectivity index (χ2v) is 12.5. The van der Waals surface area contributed by atoms with E-state index >= 15 is 0 Å². The highest BCUT2D eigenvalue weighted by Gasteiger charge is 2.52. The number of carbonyl (C=O) groups excluding carboxylic acids is 5. The van der Waals surface area contributed by atoms with Gasteiger partial charge in [-0.1, -0.05) is 54.6 Å². The molecule has 7 rings (SSSR count). The van der Waals surface area contributed by atoms with Gasteiger partial charge in [-0.05, 0) is 48.5 Å². The highest BCUT2D eigenvalue weighted by molar-refractivity contribution is 6.05. The highest BCUT2D eigenvalue weighted by atomic mass is 16.7.